The highest BCUT2D eigenvalue weighted by molar-refractivity contribution is 5.94. The van der Waals surface area contributed by atoms with Gasteiger partial charge in [-0.15, -0.1) is 0 Å². The van der Waals surface area contributed by atoms with Crippen molar-refractivity contribution < 1.29 is 4.79 Å². The minimum Gasteiger partial charge on any atom is -0.327 e. The molecule has 0 aliphatic rings. The first-order valence-corrected chi connectivity index (χ1v) is 8.88. The van der Waals surface area contributed by atoms with Crippen LogP contribution in [0.5, 0.6) is 0 Å². The first-order chi connectivity index (χ1) is 13.3. The first kappa shape index (κ1) is 16.9. The van der Waals surface area contributed by atoms with Crippen LogP contribution >= 0.6 is 0 Å². The van der Waals surface area contributed by atoms with Crippen LogP contribution in [-0.4, -0.2) is 20.8 Å². The van der Waals surface area contributed by atoms with E-state index in [0.717, 1.165) is 22.3 Å². The van der Waals surface area contributed by atoms with Crippen molar-refractivity contribution in [3.05, 3.63) is 108 Å². The van der Waals surface area contributed by atoms with Crippen molar-refractivity contribution in [1.82, 2.24) is 14.9 Å². The molecule has 0 spiro atoms. The zero-order valence-electron chi connectivity index (χ0n) is 14.8. The van der Waals surface area contributed by atoms with Gasteiger partial charge in [-0.3, -0.25) is 14.8 Å². The van der Waals surface area contributed by atoms with E-state index < -0.39 is 0 Å². The van der Waals surface area contributed by atoms with Crippen LogP contribution in [0.15, 0.2) is 91.1 Å². The van der Waals surface area contributed by atoms with E-state index in [9.17, 15) is 4.79 Å². The van der Waals surface area contributed by atoms with Gasteiger partial charge < -0.3 is 4.90 Å². The summed E-state index contributed by atoms with van der Waals surface area (Å²) >= 11 is 0. The maximum atomic E-state index is 13.1. The number of rotatable bonds is 5. The third-order valence-electron chi connectivity index (χ3n) is 4.40. The Morgan fingerprint density at radius 3 is 2.30 bits per heavy atom. The molecule has 0 unspecified atom stereocenters. The second kappa shape index (κ2) is 7.79. The number of hydrogen-bond donors (Lipinski definition) is 0. The Kier molecular flexibility index (Phi) is 4.88. The lowest BCUT2D eigenvalue weighted by molar-refractivity contribution is 0.0726. The molecule has 2 aromatic carbocycles. The highest BCUT2D eigenvalue weighted by Crippen LogP contribution is 2.16. The second-order valence-electron chi connectivity index (χ2n) is 6.34. The third-order valence-corrected chi connectivity index (χ3v) is 4.40. The van der Waals surface area contributed by atoms with E-state index >= 15 is 0 Å². The molecule has 4 nitrogen and oxygen atoms in total. The van der Waals surface area contributed by atoms with Gasteiger partial charge >= 0.3 is 0 Å². The fourth-order valence-electron chi connectivity index (χ4n) is 3.04. The highest BCUT2D eigenvalue weighted by Gasteiger charge is 2.17. The average molecular weight is 353 g/mol. The number of fused-ring (bicyclic) bond motifs is 1. The summed E-state index contributed by atoms with van der Waals surface area (Å²) in [5.41, 5.74) is 3.30. The van der Waals surface area contributed by atoms with Crippen LogP contribution in [-0.2, 0) is 13.1 Å². The minimum absolute atomic E-state index is 0.0313. The van der Waals surface area contributed by atoms with Crippen LogP contribution in [0.4, 0.5) is 0 Å². The Bertz CT molecular complexity index is 1050. The summed E-state index contributed by atoms with van der Waals surface area (Å²) in [5.74, 6) is -0.0313. The lowest BCUT2D eigenvalue weighted by Gasteiger charge is -2.22. The summed E-state index contributed by atoms with van der Waals surface area (Å²) in [5, 5.41) is 1.09. The summed E-state index contributed by atoms with van der Waals surface area (Å²) in [6.45, 7) is 0.859. The zero-order chi connectivity index (χ0) is 18.5. The normalized spacial score (nSPS) is 10.7. The van der Waals surface area contributed by atoms with Gasteiger partial charge in [0, 0.05) is 17.1 Å². The molecule has 132 valence electrons. The molecular weight excluding hydrogens is 334 g/mol. The van der Waals surface area contributed by atoms with Gasteiger partial charge in [-0.1, -0.05) is 48.5 Å². The molecule has 0 saturated heterocycles. The Labute approximate surface area is 158 Å². The van der Waals surface area contributed by atoms with Gasteiger partial charge in [0.15, 0.2) is 0 Å². The molecular formula is C23H19N3O. The maximum absolute atomic E-state index is 13.1. The molecule has 0 radical (unpaired) electrons. The smallest absolute Gasteiger partial charge is 0.254 e. The average Bonchev–Trinajstić information content (AvgIpc) is 2.74. The van der Waals surface area contributed by atoms with E-state index in [2.05, 4.69) is 4.98 Å². The Hall–Kier alpha value is -3.53. The van der Waals surface area contributed by atoms with Crippen molar-refractivity contribution in [3.63, 3.8) is 0 Å². The Morgan fingerprint density at radius 1 is 0.741 bits per heavy atom. The molecule has 1 amide bonds. The number of carbonyl (C=O) groups excluding carboxylic acids is 1. The van der Waals surface area contributed by atoms with Crippen LogP contribution in [0, 0.1) is 0 Å². The number of carbonyl (C=O) groups is 1. The summed E-state index contributed by atoms with van der Waals surface area (Å²) in [6.07, 6.45) is 1.74. The molecule has 0 aliphatic carbocycles. The standard InChI is InChI=1S/C23H19N3O/c27-23(19-9-2-1-3-10-19)26(16-20-11-6-7-15-24-20)17-21-14-13-18-8-4-5-12-22(18)25-21/h1-15H,16-17H2. The summed E-state index contributed by atoms with van der Waals surface area (Å²) in [4.78, 5) is 24.0. The van der Waals surface area contributed by atoms with E-state index in [-0.39, 0.29) is 5.91 Å². The fraction of sp³-hybridized carbons (Fsp3) is 0.0870. The van der Waals surface area contributed by atoms with E-state index in [4.69, 9.17) is 4.98 Å². The summed E-state index contributed by atoms with van der Waals surface area (Å²) in [6, 6.07) is 27.1. The lowest BCUT2D eigenvalue weighted by Crippen LogP contribution is -2.30. The Morgan fingerprint density at radius 2 is 1.48 bits per heavy atom. The van der Waals surface area contributed by atoms with Gasteiger partial charge in [0.25, 0.3) is 5.91 Å². The van der Waals surface area contributed by atoms with Gasteiger partial charge in [-0.25, -0.2) is 0 Å². The van der Waals surface area contributed by atoms with Crippen molar-refractivity contribution in [2.45, 2.75) is 13.1 Å². The lowest BCUT2D eigenvalue weighted by atomic mass is 10.1. The fourth-order valence-corrected chi connectivity index (χ4v) is 3.04. The van der Waals surface area contributed by atoms with Crippen LogP contribution in [0.1, 0.15) is 21.7 Å². The third kappa shape index (κ3) is 4.01. The molecule has 0 N–H and O–H groups in total. The van der Waals surface area contributed by atoms with Gasteiger partial charge in [-0.2, -0.15) is 0 Å². The SMILES string of the molecule is O=C(c1ccccc1)N(Cc1ccccn1)Cc1ccc2ccccc2n1. The van der Waals surface area contributed by atoms with Gasteiger partial charge in [-0.05, 0) is 36.4 Å². The maximum Gasteiger partial charge on any atom is 0.254 e. The second-order valence-corrected chi connectivity index (χ2v) is 6.34. The van der Waals surface area contributed by atoms with E-state index in [0.29, 0.717) is 18.7 Å². The topological polar surface area (TPSA) is 46.1 Å². The predicted octanol–water partition coefficient (Wildman–Crippen LogP) is 4.47. The van der Waals surface area contributed by atoms with Gasteiger partial charge in [0.2, 0.25) is 0 Å². The molecule has 0 fully saturated rings. The first-order valence-electron chi connectivity index (χ1n) is 8.88. The number of benzene rings is 2. The molecule has 0 atom stereocenters. The number of amides is 1. The number of hydrogen-bond acceptors (Lipinski definition) is 3. The minimum atomic E-state index is -0.0313. The summed E-state index contributed by atoms with van der Waals surface area (Å²) in [7, 11) is 0. The van der Waals surface area contributed by atoms with Crippen LogP contribution < -0.4 is 0 Å². The molecule has 4 heteroatoms. The van der Waals surface area contributed by atoms with Crippen molar-refractivity contribution >= 4 is 16.8 Å². The van der Waals surface area contributed by atoms with Crippen LogP contribution in [0.2, 0.25) is 0 Å². The predicted molar refractivity (Wildman–Crippen MR) is 106 cm³/mol. The van der Waals surface area contributed by atoms with E-state index in [1.54, 1.807) is 11.1 Å². The van der Waals surface area contributed by atoms with Crippen LogP contribution in [0.3, 0.4) is 0 Å². The van der Waals surface area contributed by atoms with Gasteiger partial charge in [0.1, 0.15) is 0 Å². The van der Waals surface area contributed by atoms with Crippen molar-refractivity contribution in [3.8, 4) is 0 Å². The largest absolute Gasteiger partial charge is 0.327 e. The number of pyridine rings is 2. The van der Waals surface area contributed by atoms with Crippen molar-refractivity contribution in [2.75, 3.05) is 0 Å². The molecule has 2 aromatic heterocycles. The molecule has 0 aliphatic heterocycles. The zero-order valence-corrected chi connectivity index (χ0v) is 14.8. The molecule has 0 saturated carbocycles. The van der Waals surface area contributed by atoms with E-state index in [1.807, 2.05) is 84.9 Å². The van der Waals surface area contributed by atoms with Crippen molar-refractivity contribution in [2.24, 2.45) is 0 Å². The molecule has 4 rings (SSSR count). The molecule has 0 bridgehead atoms. The number of para-hydroxylation sites is 1. The molecule has 2 heterocycles. The molecule has 27 heavy (non-hydrogen) atoms. The monoisotopic (exact) mass is 353 g/mol. The van der Waals surface area contributed by atoms with E-state index in [1.165, 1.54) is 0 Å². The van der Waals surface area contributed by atoms with Crippen molar-refractivity contribution in [1.29, 1.82) is 0 Å². The number of aromatic nitrogens is 2. The highest BCUT2D eigenvalue weighted by atomic mass is 16.2. The molecule has 4 aromatic rings. The Balaban J connectivity index is 1.64. The van der Waals surface area contributed by atoms with Crippen LogP contribution in [0.25, 0.3) is 10.9 Å². The number of nitrogens with zero attached hydrogens (tertiary/aromatic N) is 3. The summed E-state index contributed by atoms with van der Waals surface area (Å²) < 4.78 is 0. The van der Waals surface area contributed by atoms with Gasteiger partial charge in [0.05, 0.1) is 30.0 Å². The quantitative estimate of drug-likeness (QED) is 0.532.